The average Bonchev–Trinajstić information content (AvgIpc) is 3.10. The standard InChI is InChI=1S/C17H23N3O2/c1-2-11-19-14-9-5-6-10-15(14)20(17(19)22)12-16(21)18-13-7-3-4-8-13/h5-6,9-10,13H,2-4,7-8,11-12H2,1H3,(H,18,21). The minimum Gasteiger partial charge on any atom is -0.352 e. The highest BCUT2D eigenvalue weighted by Crippen LogP contribution is 2.18. The van der Waals surface area contributed by atoms with Crippen LogP contribution in [0.5, 0.6) is 0 Å². The number of nitrogens with zero attached hydrogens (tertiary/aromatic N) is 2. The summed E-state index contributed by atoms with van der Waals surface area (Å²) in [6, 6.07) is 7.97. The molecule has 1 fully saturated rings. The normalized spacial score (nSPS) is 15.5. The Morgan fingerprint density at radius 1 is 1.18 bits per heavy atom. The van der Waals surface area contributed by atoms with Crippen molar-refractivity contribution in [1.29, 1.82) is 0 Å². The van der Waals surface area contributed by atoms with Gasteiger partial charge in [-0.15, -0.1) is 0 Å². The zero-order valence-corrected chi connectivity index (χ0v) is 13.0. The summed E-state index contributed by atoms with van der Waals surface area (Å²) in [6.07, 6.45) is 5.36. The van der Waals surface area contributed by atoms with E-state index in [1.54, 1.807) is 9.13 Å². The molecular weight excluding hydrogens is 278 g/mol. The molecule has 1 aliphatic rings. The van der Waals surface area contributed by atoms with Gasteiger partial charge in [-0.05, 0) is 31.4 Å². The summed E-state index contributed by atoms with van der Waals surface area (Å²) in [6.45, 7) is 2.83. The van der Waals surface area contributed by atoms with Crippen LogP contribution in [0.4, 0.5) is 0 Å². The summed E-state index contributed by atoms with van der Waals surface area (Å²) in [4.78, 5) is 24.8. The first-order chi connectivity index (χ1) is 10.7. The molecule has 0 saturated heterocycles. The van der Waals surface area contributed by atoms with E-state index in [9.17, 15) is 9.59 Å². The van der Waals surface area contributed by atoms with E-state index >= 15 is 0 Å². The van der Waals surface area contributed by atoms with Crippen molar-refractivity contribution >= 4 is 16.9 Å². The van der Waals surface area contributed by atoms with E-state index in [1.165, 1.54) is 12.8 Å². The van der Waals surface area contributed by atoms with Gasteiger partial charge in [0.1, 0.15) is 6.54 Å². The van der Waals surface area contributed by atoms with Crippen LogP contribution < -0.4 is 11.0 Å². The SMILES string of the molecule is CCCn1c(=O)n(CC(=O)NC2CCCC2)c2ccccc21. The lowest BCUT2D eigenvalue weighted by molar-refractivity contribution is -0.122. The smallest absolute Gasteiger partial charge is 0.329 e. The maximum atomic E-state index is 12.6. The lowest BCUT2D eigenvalue weighted by Crippen LogP contribution is -2.37. The number of para-hydroxylation sites is 2. The Bertz CT molecular complexity index is 723. The molecule has 0 radical (unpaired) electrons. The summed E-state index contributed by atoms with van der Waals surface area (Å²) in [7, 11) is 0. The number of carbonyl (C=O) groups is 1. The number of aromatic nitrogens is 2. The Hall–Kier alpha value is -2.04. The number of amides is 1. The molecule has 2 aromatic rings. The van der Waals surface area contributed by atoms with Crippen LogP contribution in [0.25, 0.3) is 11.0 Å². The topological polar surface area (TPSA) is 56.0 Å². The van der Waals surface area contributed by atoms with Crippen molar-refractivity contribution in [3.63, 3.8) is 0 Å². The van der Waals surface area contributed by atoms with Crippen LogP contribution >= 0.6 is 0 Å². The maximum Gasteiger partial charge on any atom is 0.329 e. The number of benzene rings is 1. The summed E-state index contributed by atoms with van der Waals surface area (Å²) < 4.78 is 3.35. The molecule has 0 aliphatic heterocycles. The van der Waals surface area contributed by atoms with Gasteiger partial charge in [0.05, 0.1) is 11.0 Å². The van der Waals surface area contributed by atoms with Gasteiger partial charge in [-0.25, -0.2) is 4.79 Å². The number of aryl methyl sites for hydroxylation is 1. The molecule has 5 nitrogen and oxygen atoms in total. The van der Waals surface area contributed by atoms with E-state index < -0.39 is 0 Å². The van der Waals surface area contributed by atoms with Crippen molar-refractivity contribution in [1.82, 2.24) is 14.5 Å². The predicted molar refractivity (Wildman–Crippen MR) is 86.9 cm³/mol. The molecule has 0 unspecified atom stereocenters. The van der Waals surface area contributed by atoms with Crippen molar-refractivity contribution in [2.24, 2.45) is 0 Å². The third kappa shape index (κ3) is 2.80. The average molecular weight is 301 g/mol. The van der Waals surface area contributed by atoms with E-state index in [0.717, 1.165) is 30.3 Å². The number of rotatable bonds is 5. The summed E-state index contributed by atoms with van der Waals surface area (Å²) >= 11 is 0. The molecule has 1 N–H and O–H groups in total. The molecule has 0 bridgehead atoms. The molecule has 22 heavy (non-hydrogen) atoms. The molecule has 1 heterocycles. The molecule has 1 saturated carbocycles. The van der Waals surface area contributed by atoms with Crippen LogP contribution in [-0.2, 0) is 17.9 Å². The Morgan fingerprint density at radius 3 is 2.45 bits per heavy atom. The Labute approximate surface area is 129 Å². The van der Waals surface area contributed by atoms with E-state index in [4.69, 9.17) is 0 Å². The van der Waals surface area contributed by atoms with Crippen molar-refractivity contribution in [3.8, 4) is 0 Å². The zero-order chi connectivity index (χ0) is 15.5. The van der Waals surface area contributed by atoms with E-state index in [1.807, 2.05) is 31.2 Å². The lowest BCUT2D eigenvalue weighted by atomic mass is 10.2. The molecule has 118 valence electrons. The molecular formula is C17H23N3O2. The first kappa shape index (κ1) is 14.9. The van der Waals surface area contributed by atoms with E-state index in [-0.39, 0.29) is 24.2 Å². The first-order valence-electron chi connectivity index (χ1n) is 8.18. The highest BCUT2D eigenvalue weighted by Gasteiger charge is 2.19. The molecule has 0 atom stereocenters. The largest absolute Gasteiger partial charge is 0.352 e. The minimum atomic E-state index is -0.0929. The van der Waals surface area contributed by atoms with Crippen molar-refractivity contribution in [2.75, 3.05) is 0 Å². The van der Waals surface area contributed by atoms with Crippen LogP contribution in [0, 0.1) is 0 Å². The quantitative estimate of drug-likeness (QED) is 0.921. The van der Waals surface area contributed by atoms with Crippen LogP contribution in [0.1, 0.15) is 39.0 Å². The van der Waals surface area contributed by atoms with Crippen molar-refractivity contribution in [2.45, 2.75) is 58.2 Å². The second-order valence-corrected chi connectivity index (χ2v) is 6.06. The van der Waals surface area contributed by atoms with E-state index in [2.05, 4.69) is 5.32 Å². The Kier molecular flexibility index (Phi) is 4.32. The van der Waals surface area contributed by atoms with Gasteiger partial charge in [0.25, 0.3) is 0 Å². The maximum absolute atomic E-state index is 12.6. The summed E-state index contributed by atoms with van der Waals surface area (Å²) in [5, 5.41) is 3.05. The number of fused-ring (bicyclic) bond motifs is 1. The molecule has 3 rings (SSSR count). The fraction of sp³-hybridized carbons (Fsp3) is 0.529. The Morgan fingerprint density at radius 2 is 1.82 bits per heavy atom. The van der Waals surface area contributed by atoms with Crippen LogP contribution in [-0.4, -0.2) is 21.1 Å². The van der Waals surface area contributed by atoms with E-state index in [0.29, 0.717) is 6.54 Å². The second kappa shape index (κ2) is 6.38. The predicted octanol–water partition coefficient (Wildman–Crippen LogP) is 2.27. The van der Waals surface area contributed by atoms with Crippen LogP contribution in [0.15, 0.2) is 29.1 Å². The van der Waals surface area contributed by atoms with Crippen LogP contribution in [0.3, 0.4) is 0 Å². The first-order valence-corrected chi connectivity index (χ1v) is 8.18. The third-order valence-corrected chi connectivity index (χ3v) is 4.39. The molecule has 1 aliphatic carbocycles. The molecule has 1 aromatic carbocycles. The van der Waals surface area contributed by atoms with Gasteiger partial charge >= 0.3 is 5.69 Å². The highest BCUT2D eigenvalue weighted by atomic mass is 16.2. The van der Waals surface area contributed by atoms with Crippen molar-refractivity contribution < 1.29 is 4.79 Å². The van der Waals surface area contributed by atoms with Gasteiger partial charge < -0.3 is 5.32 Å². The number of hydrogen-bond acceptors (Lipinski definition) is 2. The van der Waals surface area contributed by atoms with Gasteiger partial charge in [0.15, 0.2) is 0 Å². The monoisotopic (exact) mass is 301 g/mol. The minimum absolute atomic E-state index is 0.0617. The lowest BCUT2D eigenvalue weighted by Gasteiger charge is -2.12. The highest BCUT2D eigenvalue weighted by molar-refractivity contribution is 5.81. The summed E-state index contributed by atoms with van der Waals surface area (Å²) in [5.74, 6) is -0.0617. The molecule has 0 spiro atoms. The van der Waals surface area contributed by atoms with Gasteiger partial charge in [0.2, 0.25) is 5.91 Å². The third-order valence-electron chi connectivity index (χ3n) is 4.39. The molecule has 1 aromatic heterocycles. The summed E-state index contributed by atoms with van der Waals surface area (Å²) in [5.41, 5.74) is 1.65. The molecule has 5 heteroatoms. The molecule has 1 amide bonds. The van der Waals surface area contributed by atoms with Gasteiger partial charge in [-0.1, -0.05) is 31.9 Å². The number of carbonyl (C=O) groups excluding carboxylic acids is 1. The fourth-order valence-corrected chi connectivity index (χ4v) is 3.35. The van der Waals surface area contributed by atoms with Gasteiger partial charge in [-0.2, -0.15) is 0 Å². The Balaban J connectivity index is 1.88. The van der Waals surface area contributed by atoms with Gasteiger partial charge in [0, 0.05) is 12.6 Å². The number of imidazole rings is 1. The fourth-order valence-electron chi connectivity index (χ4n) is 3.35. The zero-order valence-electron chi connectivity index (χ0n) is 13.0. The number of hydrogen-bond donors (Lipinski definition) is 1. The van der Waals surface area contributed by atoms with Crippen molar-refractivity contribution in [3.05, 3.63) is 34.7 Å². The number of nitrogens with one attached hydrogen (secondary N) is 1. The van der Waals surface area contributed by atoms with Crippen LogP contribution in [0.2, 0.25) is 0 Å². The second-order valence-electron chi connectivity index (χ2n) is 6.06. The van der Waals surface area contributed by atoms with Gasteiger partial charge in [-0.3, -0.25) is 13.9 Å².